The Morgan fingerprint density at radius 3 is 2.85 bits per heavy atom. The van der Waals surface area contributed by atoms with Gasteiger partial charge < -0.3 is 4.98 Å². The molecule has 0 saturated heterocycles. The smallest absolute Gasteiger partial charge is 0.0465 e. The van der Waals surface area contributed by atoms with Crippen LogP contribution in [0.4, 0.5) is 0 Å². The minimum Gasteiger partial charge on any atom is -0.358 e. The van der Waals surface area contributed by atoms with Crippen LogP contribution in [0.2, 0.25) is 0 Å². The Kier molecular flexibility index (Phi) is 2.09. The molecule has 1 N–H and O–H groups in total. The predicted molar refractivity (Wildman–Crippen MR) is 55.9 cm³/mol. The largest absolute Gasteiger partial charge is 0.358 e. The fourth-order valence-electron chi connectivity index (χ4n) is 1.87. The van der Waals surface area contributed by atoms with Crippen molar-refractivity contribution < 1.29 is 0 Å². The highest BCUT2D eigenvalue weighted by atomic mass is 14.7. The summed E-state index contributed by atoms with van der Waals surface area (Å²) in [4.78, 5) is 3.43. The highest BCUT2D eigenvalue weighted by Crippen LogP contribution is 2.22. The highest BCUT2D eigenvalue weighted by Gasteiger charge is 2.06. The molecule has 0 spiro atoms. The molecule has 0 bridgehead atoms. The third-order valence-corrected chi connectivity index (χ3v) is 2.51. The summed E-state index contributed by atoms with van der Waals surface area (Å²) in [6, 6.07) is 9.42. The molecular formula is C12H14N. The van der Waals surface area contributed by atoms with Gasteiger partial charge in [-0.1, -0.05) is 26.0 Å². The van der Waals surface area contributed by atoms with Gasteiger partial charge in [0.15, 0.2) is 0 Å². The van der Waals surface area contributed by atoms with Crippen LogP contribution in [-0.4, -0.2) is 4.98 Å². The molecule has 1 radical (unpaired) electrons. The summed E-state index contributed by atoms with van der Waals surface area (Å²) < 4.78 is 0. The van der Waals surface area contributed by atoms with E-state index in [0.29, 0.717) is 0 Å². The van der Waals surface area contributed by atoms with Crippen molar-refractivity contribution >= 4 is 10.9 Å². The highest BCUT2D eigenvalue weighted by molar-refractivity contribution is 5.83. The van der Waals surface area contributed by atoms with E-state index in [2.05, 4.69) is 31.0 Å². The second-order valence-electron chi connectivity index (χ2n) is 3.25. The molecule has 1 nitrogen and oxygen atoms in total. The van der Waals surface area contributed by atoms with Crippen molar-refractivity contribution in [2.45, 2.75) is 26.7 Å². The van der Waals surface area contributed by atoms with Gasteiger partial charge in [0.05, 0.1) is 0 Å². The van der Waals surface area contributed by atoms with Gasteiger partial charge in [-0.15, -0.1) is 0 Å². The molecule has 1 aromatic heterocycles. The Hall–Kier alpha value is -1.24. The van der Waals surface area contributed by atoms with Crippen LogP contribution in [0.15, 0.2) is 18.2 Å². The maximum atomic E-state index is 3.43. The molecule has 0 aliphatic heterocycles. The zero-order chi connectivity index (χ0) is 9.26. The topological polar surface area (TPSA) is 15.8 Å². The Balaban J connectivity index is 2.73. The molecular weight excluding hydrogens is 158 g/mol. The van der Waals surface area contributed by atoms with E-state index in [1.807, 2.05) is 12.1 Å². The zero-order valence-corrected chi connectivity index (χ0v) is 8.15. The van der Waals surface area contributed by atoms with Gasteiger partial charge in [0.2, 0.25) is 0 Å². The number of benzene rings is 1. The number of nitrogens with one attached hydrogen (secondary N) is 1. The molecule has 1 heterocycles. The van der Waals surface area contributed by atoms with E-state index in [1.165, 1.54) is 22.2 Å². The maximum absolute atomic E-state index is 3.43. The summed E-state index contributed by atoms with van der Waals surface area (Å²) >= 11 is 0. The van der Waals surface area contributed by atoms with Crippen molar-refractivity contribution in [3.05, 3.63) is 35.5 Å². The fourth-order valence-corrected chi connectivity index (χ4v) is 1.87. The van der Waals surface area contributed by atoms with Crippen molar-refractivity contribution in [3.8, 4) is 0 Å². The first-order valence-electron chi connectivity index (χ1n) is 4.87. The molecule has 0 aliphatic rings. The summed E-state index contributed by atoms with van der Waals surface area (Å²) in [6.07, 6.45) is 2.16. The minimum absolute atomic E-state index is 1.08. The second kappa shape index (κ2) is 3.25. The fraction of sp³-hybridized carbons (Fsp3) is 0.333. The van der Waals surface area contributed by atoms with Gasteiger partial charge >= 0.3 is 0 Å². The Labute approximate surface area is 78.8 Å². The summed E-state index contributed by atoms with van der Waals surface area (Å²) in [6.45, 7) is 4.38. The average molecular weight is 172 g/mol. The molecule has 0 fully saturated rings. The first-order chi connectivity index (χ1) is 6.36. The Bertz CT molecular complexity index is 412. The van der Waals surface area contributed by atoms with Crippen molar-refractivity contribution in [3.63, 3.8) is 0 Å². The van der Waals surface area contributed by atoms with Crippen LogP contribution in [0.5, 0.6) is 0 Å². The third-order valence-electron chi connectivity index (χ3n) is 2.51. The first kappa shape index (κ1) is 8.36. The number of hydrogen-bond donors (Lipinski definition) is 1. The van der Waals surface area contributed by atoms with E-state index in [-0.39, 0.29) is 0 Å². The molecule has 67 valence electrons. The van der Waals surface area contributed by atoms with Crippen molar-refractivity contribution in [2.75, 3.05) is 0 Å². The molecule has 2 aromatic rings. The van der Waals surface area contributed by atoms with Crippen LogP contribution < -0.4 is 0 Å². The summed E-state index contributed by atoms with van der Waals surface area (Å²) in [7, 11) is 0. The molecule has 13 heavy (non-hydrogen) atoms. The lowest BCUT2D eigenvalue weighted by Gasteiger charge is -1.96. The number of aryl methyl sites for hydroxylation is 2. The van der Waals surface area contributed by atoms with Crippen molar-refractivity contribution in [1.82, 2.24) is 4.98 Å². The van der Waals surface area contributed by atoms with Crippen molar-refractivity contribution in [2.24, 2.45) is 0 Å². The lowest BCUT2D eigenvalue weighted by Crippen LogP contribution is -1.86. The van der Waals surface area contributed by atoms with Gasteiger partial charge in [0.1, 0.15) is 0 Å². The SMILES string of the molecule is CCc1[nH]c2ccc[c]c2c1CC. The molecule has 0 aliphatic carbocycles. The van der Waals surface area contributed by atoms with Crippen LogP contribution in [-0.2, 0) is 12.8 Å². The average Bonchev–Trinajstić information content (AvgIpc) is 2.55. The summed E-state index contributed by atoms with van der Waals surface area (Å²) in [5.41, 5.74) is 4.01. The third kappa shape index (κ3) is 1.24. The summed E-state index contributed by atoms with van der Waals surface area (Å²) in [5, 5.41) is 1.27. The number of aromatic amines is 1. The molecule has 0 unspecified atom stereocenters. The van der Waals surface area contributed by atoms with E-state index >= 15 is 0 Å². The van der Waals surface area contributed by atoms with Gasteiger partial charge in [-0.3, -0.25) is 0 Å². The van der Waals surface area contributed by atoms with Crippen molar-refractivity contribution in [1.29, 1.82) is 0 Å². The van der Waals surface area contributed by atoms with E-state index in [9.17, 15) is 0 Å². The Morgan fingerprint density at radius 1 is 1.31 bits per heavy atom. The van der Waals surface area contributed by atoms with Gasteiger partial charge in [-0.25, -0.2) is 0 Å². The molecule has 0 amide bonds. The normalized spacial score (nSPS) is 10.9. The predicted octanol–water partition coefficient (Wildman–Crippen LogP) is 3.09. The first-order valence-corrected chi connectivity index (χ1v) is 4.87. The minimum atomic E-state index is 1.08. The van der Waals surface area contributed by atoms with E-state index in [4.69, 9.17) is 0 Å². The number of H-pyrrole nitrogens is 1. The number of fused-ring (bicyclic) bond motifs is 1. The second-order valence-corrected chi connectivity index (χ2v) is 3.25. The van der Waals surface area contributed by atoms with Gasteiger partial charge in [0, 0.05) is 16.6 Å². The van der Waals surface area contributed by atoms with Crippen LogP contribution >= 0.6 is 0 Å². The number of rotatable bonds is 2. The quantitative estimate of drug-likeness (QED) is 0.716. The van der Waals surface area contributed by atoms with E-state index < -0.39 is 0 Å². The van der Waals surface area contributed by atoms with E-state index in [0.717, 1.165) is 12.8 Å². The lowest BCUT2D eigenvalue weighted by molar-refractivity contribution is 1.01. The van der Waals surface area contributed by atoms with Gasteiger partial charge in [0.25, 0.3) is 0 Å². The molecule has 0 atom stereocenters. The summed E-state index contributed by atoms with van der Waals surface area (Å²) in [5.74, 6) is 0. The van der Waals surface area contributed by atoms with Crippen LogP contribution in [0.25, 0.3) is 10.9 Å². The Morgan fingerprint density at radius 2 is 2.15 bits per heavy atom. The lowest BCUT2D eigenvalue weighted by atomic mass is 10.1. The molecule has 1 aromatic carbocycles. The molecule has 1 heteroatoms. The number of aromatic nitrogens is 1. The maximum Gasteiger partial charge on any atom is 0.0465 e. The zero-order valence-electron chi connectivity index (χ0n) is 8.15. The molecule has 2 rings (SSSR count). The molecule has 0 saturated carbocycles. The van der Waals surface area contributed by atoms with Crippen LogP contribution in [0.1, 0.15) is 25.1 Å². The van der Waals surface area contributed by atoms with Gasteiger partial charge in [-0.2, -0.15) is 0 Å². The monoisotopic (exact) mass is 172 g/mol. The van der Waals surface area contributed by atoms with Gasteiger partial charge in [-0.05, 0) is 30.5 Å². The number of hydrogen-bond acceptors (Lipinski definition) is 0. The van der Waals surface area contributed by atoms with Crippen LogP contribution in [0.3, 0.4) is 0 Å². The van der Waals surface area contributed by atoms with Crippen LogP contribution in [0, 0.1) is 6.07 Å². The van der Waals surface area contributed by atoms with E-state index in [1.54, 1.807) is 0 Å². The standard InChI is InChI=1S/C12H14N/c1-3-9-10-7-5-6-8-12(10)13-11(9)4-2/h5-6,8,13H,3-4H2,1-2H3.